The van der Waals surface area contributed by atoms with Crippen molar-refractivity contribution in [3.63, 3.8) is 0 Å². The molecule has 4 saturated carbocycles. The first-order valence-corrected chi connectivity index (χ1v) is 11.3. The SMILES string of the molecule is CCCOC1(C)CCC2C3CCC4CCCCC4C3CCC21CC. The molecule has 138 valence electrons. The highest BCUT2D eigenvalue weighted by Gasteiger charge is 2.63. The fourth-order valence-electron chi connectivity index (χ4n) is 8.23. The van der Waals surface area contributed by atoms with Crippen LogP contribution < -0.4 is 0 Å². The number of hydrogen-bond acceptors (Lipinski definition) is 1. The van der Waals surface area contributed by atoms with Crippen molar-refractivity contribution in [2.75, 3.05) is 6.61 Å². The number of hydrogen-bond donors (Lipinski definition) is 0. The van der Waals surface area contributed by atoms with E-state index in [-0.39, 0.29) is 5.60 Å². The molecule has 0 saturated heterocycles. The van der Waals surface area contributed by atoms with Crippen molar-refractivity contribution in [2.45, 2.75) is 103 Å². The van der Waals surface area contributed by atoms with Gasteiger partial charge in [0.25, 0.3) is 0 Å². The first-order chi connectivity index (χ1) is 11.6. The zero-order valence-electron chi connectivity index (χ0n) is 16.5. The Kier molecular flexibility index (Phi) is 4.78. The second kappa shape index (κ2) is 6.60. The van der Waals surface area contributed by atoms with E-state index >= 15 is 0 Å². The van der Waals surface area contributed by atoms with E-state index in [4.69, 9.17) is 4.74 Å². The highest BCUT2D eigenvalue weighted by molar-refractivity contribution is 5.12. The van der Waals surface area contributed by atoms with E-state index < -0.39 is 0 Å². The monoisotopic (exact) mass is 332 g/mol. The van der Waals surface area contributed by atoms with Gasteiger partial charge in [-0.1, -0.05) is 33.1 Å². The Labute approximate surface area is 150 Å². The summed E-state index contributed by atoms with van der Waals surface area (Å²) in [5.74, 6) is 5.26. The number of fused-ring (bicyclic) bond motifs is 5. The quantitative estimate of drug-likeness (QED) is 0.563. The van der Waals surface area contributed by atoms with Gasteiger partial charge in [0.1, 0.15) is 0 Å². The summed E-state index contributed by atoms with van der Waals surface area (Å²) in [6, 6.07) is 0. The summed E-state index contributed by atoms with van der Waals surface area (Å²) in [5.41, 5.74) is 0.654. The van der Waals surface area contributed by atoms with Crippen LogP contribution in [0.5, 0.6) is 0 Å². The van der Waals surface area contributed by atoms with Gasteiger partial charge in [-0.25, -0.2) is 0 Å². The van der Waals surface area contributed by atoms with Gasteiger partial charge < -0.3 is 4.74 Å². The van der Waals surface area contributed by atoms with Crippen molar-refractivity contribution in [1.29, 1.82) is 0 Å². The van der Waals surface area contributed by atoms with E-state index in [1.807, 2.05) is 0 Å². The Bertz CT molecular complexity index is 445. The molecule has 0 amide bonds. The minimum atomic E-state index is 0.164. The fourth-order valence-corrected chi connectivity index (χ4v) is 8.23. The van der Waals surface area contributed by atoms with E-state index in [9.17, 15) is 0 Å². The van der Waals surface area contributed by atoms with Crippen LogP contribution in [-0.4, -0.2) is 12.2 Å². The number of ether oxygens (including phenoxy) is 1. The van der Waals surface area contributed by atoms with Gasteiger partial charge in [0.2, 0.25) is 0 Å². The van der Waals surface area contributed by atoms with E-state index in [2.05, 4.69) is 20.8 Å². The molecule has 4 aliphatic rings. The minimum Gasteiger partial charge on any atom is -0.375 e. The van der Waals surface area contributed by atoms with Crippen molar-refractivity contribution in [2.24, 2.45) is 35.0 Å². The van der Waals surface area contributed by atoms with E-state index in [1.54, 1.807) is 25.7 Å². The Morgan fingerprint density at radius 1 is 0.833 bits per heavy atom. The van der Waals surface area contributed by atoms with Crippen molar-refractivity contribution in [3.8, 4) is 0 Å². The zero-order valence-corrected chi connectivity index (χ0v) is 16.5. The molecule has 0 aliphatic heterocycles. The molecule has 4 aliphatic carbocycles. The summed E-state index contributed by atoms with van der Waals surface area (Å²) in [6.07, 6.45) is 17.5. The average Bonchev–Trinajstić information content (AvgIpc) is 2.93. The largest absolute Gasteiger partial charge is 0.375 e. The fraction of sp³-hybridized carbons (Fsp3) is 1.00. The lowest BCUT2D eigenvalue weighted by Crippen LogP contribution is -2.54. The van der Waals surface area contributed by atoms with Gasteiger partial charge in [-0.05, 0) is 94.3 Å². The van der Waals surface area contributed by atoms with Gasteiger partial charge in [-0.2, -0.15) is 0 Å². The molecule has 0 aromatic rings. The summed E-state index contributed by atoms with van der Waals surface area (Å²) < 4.78 is 6.59. The Hall–Kier alpha value is -0.0400. The van der Waals surface area contributed by atoms with E-state index in [0.29, 0.717) is 5.41 Å². The minimum absolute atomic E-state index is 0.164. The second-order valence-electron chi connectivity index (χ2n) is 9.89. The summed E-state index contributed by atoms with van der Waals surface area (Å²) in [7, 11) is 0. The van der Waals surface area contributed by atoms with Gasteiger partial charge >= 0.3 is 0 Å². The molecule has 1 nitrogen and oxygen atoms in total. The molecule has 0 aromatic carbocycles. The Morgan fingerprint density at radius 3 is 2.46 bits per heavy atom. The van der Waals surface area contributed by atoms with Crippen LogP contribution in [0.4, 0.5) is 0 Å². The van der Waals surface area contributed by atoms with Gasteiger partial charge in [0, 0.05) is 12.0 Å². The average molecular weight is 333 g/mol. The number of rotatable bonds is 4. The van der Waals surface area contributed by atoms with Crippen LogP contribution in [0.1, 0.15) is 97.8 Å². The van der Waals surface area contributed by atoms with Crippen molar-refractivity contribution >= 4 is 0 Å². The lowest BCUT2D eigenvalue weighted by Gasteiger charge is -2.58. The Balaban J connectivity index is 1.58. The third kappa shape index (κ3) is 2.43. The maximum Gasteiger partial charge on any atom is 0.0713 e. The van der Waals surface area contributed by atoms with Crippen molar-refractivity contribution in [3.05, 3.63) is 0 Å². The first kappa shape index (κ1) is 17.4. The molecule has 4 rings (SSSR count). The van der Waals surface area contributed by atoms with Crippen LogP contribution in [0, 0.1) is 35.0 Å². The van der Waals surface area contributed by atoms with Gasteiger partial charge in [0.05, 0.1) is 5.60 Å². The molecule has 1 heteroatoms. The van der Waals surface area contributed by atoms with E-state index in [0.717, 1.165) is 42.6 Å². The molecule has 0 N–H and O–H groups in total. The van der Waals surface area contributed by atoms with Crippen LogP contribution in [0.2, 0.25) is 0 Å². The normalized spacial score (nSPS) is 50.9. The zero-order chi connectivity index (χ0) is 16.8. The molecular weight excluding hydrogens is 292 g/mol. The topological polar surface area (TPSA) is 9.23 Å². The van der Waals surface area contributed by atoms with Gasteiger partial charge in [-0.15, -0.1) is 0 Å². The van der Waals surface area contributed by atoms with Crippen LogP contribution in [0.25, 0.3) is 0 Å². The molecule has 24 heavy (non-hydrogen) atoms. The maximum absolute atomic E-state index is 6.59. The van der Waals surface area contributed by atoms with E-state index in [1.165, 1.54) is 44.9 Å². The van der Waals surface area contributed by atoms with Crippen molar-refractivity contribution < 1.29 is 4.74 Å². The summed E-state index contributed by atoms with van der Waals surface area (Å²) in [6.45, 7) is 8.18. The maximum atomic E-state index is 6.59. The van der Waals surface area contributed by atoms with Gasteiger partial charge in [-0.3, -0.25) is 0 Å². The molecule has 7 atom stereocenters. The van der Waals surface area contributed by atoms with Crippen LogP contribution >= 0.6 is 0 Å². The first-order valence-electron chi connectivity index (χ1n) is 11.3. The highest BCUT2D eigenvalue weighted by atomic mass is 16.5. The smallest absolute Gasteiger partial charge is 0.0713 e. The standard InChI is InChI=1S/C23H40O/c1-4-16-24-22(3)14-13-21-20-11-10-17-8-6-7-9-18(17)19(20)12-15-23(21,22)5-2/h17-21H,4-16H2,1-3H3. The lowest BCUT2D eigenvalue weighted by atomic mass is 9.48. The molecule has 0 bridgehead atoms. The molecule has 0 aromatic heterocycles. The molecule has 4 fully saturated rings. The van der Waals surface area contributed by atoms with Crippen molar-refractivity contribution in [1.82, 2.24) is 0 Å². The molecular formula is C23H40O. The summed E-state index contributed by atoms with van der Waals surface area (Å²) >= 11 is 0. The lowest BCUT2D eigenvalue weighted by molar-refractivity contribution is -0.161. The summed E-state index contributed by atoms with van der Waals surface area (Å²) in [5, 5.41) is 0. The highest BCUT2D eigenvalue weighted by Crippen LogP contribution is 2.67. The predicted molar refractivity (Wildman–Crippen MR) is 101 cm³/mol. The Morgan fingerprint density at radius 2 is 1.67 bits per heavy atom. The third-order valence-electron chi connectivity index (χ3n) is 9.33. The third-order valence-corrected chi connectivity index (χ3v) is 9.33. The van der Waals surface area contributed by atoms with Gasteiger partial charge in [0.15, 0.2) is 0 Å². The van der Waals surface area contributed by atoms with Crippen LogP contribution in [0.15, 0.2) is 0 Å². The second-order valence-corrected chi connectivity index (χ2v) is 9.89. The predicted octanol–water partition coefficient (Wildman–Crippen LogP) is 6.60. The molecule has 7 unspecified atom stereocenters. The molecule has 0 radical (unpaired) electrons. The molecule has 0 spiro atoms. The van der Waals surface area contributed by atoms with Crippen LogP contribution in [0.3, 0.4) is 0 Å². The summed E-state index contributed by atoms with van der Waals surface area (Å²) in [4.78, 5) is 0. The van der Waals surface area contributed by atoms with Crippen LogP contribution in [-0.2, 0) is 4.74 Å². The molecule has 0 heterocycles.